The minimum atomic E-state index is -4.21. The lowest BCUT2D eigenvalue weighted by Gasteiger charge is -2.31. The van der Waals surface area contributed by atoms with E-state index in [0.29, 0.717) is 37.0 Å². The van der Waals surface area contributed by atoms with Crippen LogP contribution in [0.3, 0.4) is 0 Å². The van der Waals surface area contributed by atoms with Crippen LogP contribution in [-0.4, -0.2) is 51.0 Å². The topological polar surface area (TPSA) is 96.9 Å². The SMILES string of the molecule is CCOC(=O)NCc1nc2cnc3[nH]ccc3c2n1C1CCC(NCC(F)(F)F)CC1. The van der Waals surface area contributed by atoms with Gasteiger partial charge in [-0.15, -0.1) is 0 Å². The van der Waals surface area contributed by atoms with E-state index in [1.54, 1.807) is 13.1 Å². The Morgan fingerprint density at radius 2 is 2.10 bits per heavy atom. The van der Waals surface area contributed by atoms with Crippen molar-refractivity contribution in [3.8, 4) is 0 Å². The third kappa shape index (κ3) is 4.76. The first kappa shape index (κ1) is 21.4. The first-order chi connectivity index (χ1) is 14.9. The number of halogens is 3. The predicted molar refractivity (Wildman–Crippen MR) is 109 cm³/mol. The average Bonchev–Trinajstić information content (AvgIpc) is 3.34. The fourth-order valence-corrected chi connectivity index (χ4v) is 4.29. The van der Waals surface area contributed by atoms with E-state index in [1.165, 1.54) is 0 Å². The van der Waals surface area contributed by atoms with Crippen LogP contribution in [0.4, 0.5) is 18.0 Å². The summed E-state index contributed by atoms with van der Waals surface area (Å²) in [5, 5.41) is 6.26. The van der Waals surface area contributed by atoms with Crippen LogP contribution < -0.4 is 10.6 Å². The number of aromatic amines is 1. The zero-order chi connectivity index (χ0) is 22.0. The van der Waals surface area contributed by atoms with E-state index in [-0.39, 0.29) is 25.2 Å². The van der Waals surface area contributed by atoms with E-state index in [0.717, 1.165) is 16.6 Å². The van der Waals surface area contributed by atoms with Crippen molar-refractivity contribution in [1.82, 2.24) is 30.2 Å². The van der Waals surface area contributed by atoms with Crippen LogP contribution in [0.2, 0.25) is 0 Å². The normalized spacial score (nSPS) is 19.7. The molecule has 0 spiro atoms. The fraction of sp³-hybridized carbons (Fsp3) is 0.550. The second-order valence-corrected chi connectivity index (χ2v) is 7.71. The van der Waals surface area contributed by atoms with Gasteiger partial charge >= 0.3 is 12.3 Å². The van der Waals surface area contributed by atoms with Crippen LogP contribution in [-0.2, 0) is 11.3 Å². The first-order valence-corrected chi connectivity index (χ1v) is 10.4. The second kappa shape index (κ2) is 8.74. The van der Waals surface area contributed by atoms with Gasteiger partial charge < -0.3 is 24.9 Å². The highest BCUT2D eigenvalue weighted by molar-refractivity contribution is 6.01. The highest BCUT2D eigenvalue weighted by atomic mass is 19.4. The lowest BCUT2D eigenvalue weighted by atomic mass is 9.90. The Morgan fingerprint density at radius 3 is 2.81 bits per heavy atom. The Morgan fingerprint density at radius 1 is 1.32 bits per heavy atom. The molecule has 168 valence electrons. The van der Waals surface area contributed by atoms with Crippen molar-refractivity contribution in [2.45, 2.75) is 57.4 Å². The fourth-order valence-electron chi connectivity index (χ4n) is 4.29. The molecule has 11 heteroatoms. The number of alkyl carbamates (subject to hydrolysis) is 1. The third-order valence-electron chi connectivity index (χ3n) is 5.63. The van der Waals surface area contributed by atoms with Crippen molar-refractivity contribution < 1.29 is 22.7 Å². The number of H-pyrrole nitrogens is 1. The molecule has 0 radical (unpaired) electrons. The summed E-state index contributed by atoms with van der Waals surface area (Å²) < 4.78 is 44.7. The number of carbonyl (C=O) groups excluding carboxylic acids is 1. The number of rotatable bonds is 6. The number of fused-ring (bicyclic) bond motifs is 3. The largest absolute Gasteiger partial charge is 0.450 e. The Bertz CT molecular complexity index is 1050. The Kier molecular flexibility index (Phi) is 6.03. The maximum Gasteiger partial charge on any atom is 0.407 e. The highest BCUT2D eigenvalue weighted by Crippen LogP contribution is 2.35. The number of imidazole rings is 1. The van der Waals surface area contributed by atoms with Crippen LogP contribution in [0.15, 0.2) is 18.5 Å². The van der Waals surface area contributed by atoms with Gasteiger partial charge in [-0.05, 0) is 38.7 Å². The molecule has 3 heterocycles. The standard InChI is InChI=1S/C20H25F3N6O2/c1-2-31-19(30)26-10-16-28-15-9-25-18-14(7-8-24-18)17(15)29(16)13-5-3-12(4-6-13)27-11-20(21,22)23/h7-9,12-13,27H,2-6,10-11H2,1H3,(H,24,25)(H,26,30). The molecule has 31 heavy (non-hydrogen) atoms. The van der Waals surface area contributed by atoms with E-state index in [1.807, 2.05) is 12.3 Å². The first-order valence-electron chi connectivity index (χ1n) is 10.4. The third-order valence-corrected chi connectivity index (χ3v) is 5.63. The van der Waals surface area contributed by atoms with Crippen molar-refractivity contribution in [2.24, 2.45) is 0 Å². The maximum atomic E-state index is 12.5. The number of aromatic nitrogens is 4. The quantitative estimate of drug-likeness (QED) is 0.544. The van der Waals surface area contributed by atoms with Gasteiger partial charge in [-0.25, -0.2) is 14.8 Å². The second-order valence-electron chi connectivity index (χ2n) is 7.71. The average molecular weight is 438 g/mol. The van der Waals surface area contributed by atoms with E-state index in [2.05, 4.69) is 30.2 Å². The molecule has 3 aromatic rings. The number of amides is 1. The van der Waals surface area contributed by atoms with E-state index in [4.69, 9.17) is 4.74 Å². The molecule has 1 aliphatic rings. The number of nitrogens with one attached hydrogen (secondary N) is 3. The molecular formula is C20H25F3N6O2. The molecule has 3 aromatic heterocycles. The van der Waals surface area contributed by atoms with Crippen molar-refractivity contribution in [3.05, 3.63) is 24.3 Å². The molecular weight excluding hydrogens is 413 g/mol. The summed E-state index contributed by atoms with van der Waals surface area (Å²) in [6.45, 7) is 1.21. The van der Waals surface area contributed by atoms with Gasteiger partial charge in [-0.2, -0.15) is 13.2 Å². The summed E-state index contributed by atoms with van der Waals surface area (Å²) in [4.78, 5) is 24.0. The molecule has 0 unspecified atom stereocenters. The van der Waals surface area contributed by atoms with Crippen LogP contribution in [0.25, 0.3) is 22.1 Å². The van der Waals surface area contributed by atoms with Crippen LogP contribution in [0, 0.1) is 0 Å². The van der Waals surface area contributed by atoms with Crippen molar-refractivity contribution in [1.29, 1.82) is 0 Å². The summed E-state index contributed by atoms with van der Waals surface area (Å²) in [5.74, 6) is 0.672. The number of pyridine rings is 1. The van der Waals surface area contributed by atoms with Gasteiger partial charge in [0, 0.05) is 23.7 Å². The summed E-state index contributed by atoms with van der Waals surface area (Å²) in [5.41, 5.74) is 2.36. The molecule has 3 N–H and O–H groups in total. The summed E-state index contributed by atoms with van der Waals surface area (Å²) >= 11 is 0. The lowest BCUT2D eigenvalue weighted by Crippen LogP contribution is -2.39. The number of alkyl halides is 3. The molecule has 1 saturated carbocycles. The zero-order valence-corrected chi connectivity index (χ0v) is 17.1. The number of nitrogens with zero attached hydrogens (tertiary/aromatic N) is 3. The molecule has 0 atom stereocenters. The molecule has 0 aromatic carbocycles. The molecule has 1 aliphatic carbocycles. The number of ether oxygens (including phenoxy) is 1. The van der Waals surface area contributed by atoms with E-state index < -0.39 is 18.8 Å². The molecule has 0 aliphatic heterocycles. The number of carbonyl (C=O) groups is 1. The number of hydrogen-bond acceptors (Lipinski definition) is 5. The van der Waals surface area contributed by atoms with Crippen molar-refractivity contribution >= 4 is 28.2 Å². The zero-order valence-electron chi connectivity index (χ0n) is 17.1. The monoisotopic (exact) mass is 438 g/mol. The van der Waals surface area contributed by atoms with Gasteiger partial charge in [-0.1, -0.05) is 0 Å². The highest BCUT2D eigenvalue weighted by Gasteiger charge is 2.31. The summed E-state index contributed by atoms with van der Waals surface area (Å²) in [6, 6.07) is 1.83. The summed E-state index contributed by atoms with van der Waals surface area (Å²) in [7, 11) is 0. The van der Waals surface area contributed by atoms with Gasteiger partial charge in [0.25, 0.3) is 0 Å². The van der Waals surface area contributed by atoms with Gasteiger partial charge in [0.2, 0.25) is 0 Å². The van der Waals surface area contributed by atoms with Crippen LogP contribution in [0.1, 0.15) is 44.5 Å². The minimum absolute atomic E-state index is 0.0634. The lowest BCUT2D eigenvalue weighted by molar-refractivity contribution is -0.126. The number of hydrogen-bond donors (Lipinski definition) is 3. The minimum Gasteiger partial charge on any atom is -0.450 e. The van der Waals surface area contributed by atoms with Crippen molar-refractivity contribution in [2.75, 3.05) is 13.2 Å². The summed E-state index contributed by atoms with van der Waals surface area (Å²) in [6.07, 6.45) is 1.45. The Balaban J connectivity index is 1.60. The molecule has 4 rings (SSSR count). The molecule has 8 nitrogen and oxygen atoms in total. The predicted octanol–water partition coefficient (Wildman–Crippen LogP) is 3.79. The Hall–Kier alpha value is -2.82. The maximum absolute atomic E-state index is 12.5. The molecule has 0 saturated heterocycles. The van der Waals surface area contributed by atoms with Gasteiger partial charge in [-0.3, -0.25) is 0 Å². The van der Waals surface area contributed by atoms with Gasteiger partial charge in [0.05, 0.1) is 31.4 Å². The van der Waals surface area contributed by atoms with Gasteiger partial charge in [0.1, 0.15) is 17.0 Å². The van der Waals surface area contributed by atoms with Gasteiger partial charge in [0.15, 0.2) is 0 Å². The van der Waals surface area contributed by atoms with Crippen molar-refractivity contribution in [3.63, 3.8) is 0 Å². The Labute approximate surface area is 176 Å². The van der Waals surface area contributed by atoms with Crippen LogP contribution in [0.5, 0.6) is 0 Å². The van der Waals surface area contributed by atoms with E-state index in [9.17, 15) is 18.0 Å². The molecule has 1 fully saturated rings. The smallest absolute Gasteiger partial charge is 0.407 e. The van der Waals surface area contributed by atoms with E-state index >= 15 is 0 Å². The van der Waals surface area contributed by atoms with Crippen LogP contribution >= 0.6 is 0 Å². The molecule has 1 amide bonds. The molecule has 0 bridgehead atoms.